The number of aliphatic carboxylic acids is 1. The first-order chi connectivity index (χ1) is 8.93. The molecule has 0 aromatic heterocycles. The lowest BCUT2D eigenvalue weighted by molar-refractivity contribution is -0.139. The number of nitrogens with one attached hydrogen (secondary N) is 3. The number of rotatable bonds is 7. The largest absolute Gasteiger partial charge is 0.480 e. The van der Waals surface area contributed by atoms with E-state index < -0.39 is 24.1 Å². The van der Waals surface area contributed by atoms with E-state index in [0.29, 0.717) is 18.9 Å². The molecule has 4 N–H and O–H groups in total. The Morgan fingerprint density at radius 3 is 2.37 bits per heavy atom. The number of carboxylic acids is 1. The molecule has 0 bridgehead atoms. The molecule has 0 aromatic rings. The summed E-state index contributed by atoms with van der Waals surface area (Å²) in [7, 11) is 0. The highest BCUT2D eigenvalue weighted by Crippen LogP contribution is 2.33. The van der Waals surface area contributed by atoms with Gasteiger partial charge in [-0.15, -0.1) is 0 Å². The van der Waals surface area contributed by atoms with Gasteiger partial charge in [0, 0.05) is 6.54 Å². The fourth-order valence-electron chi connectivity index (χ4n) is 1.70. The van der Waals surface area contributed by atoms with Crippen LogP contribution in [-0.4, -0.2) is 41.6 Å². The highest BCUT2D eigenvalue weighted by molar-refractivity contribution is 5.88. The first kappa shape index (κ1) is 15.3. The summed E-state index contributed by atoms with van der Waals surface area (Å²) in [5.41, 5.74) is 0. The van der Waals surface area contributed by atoms with Gasteiger partial charge in [-0.2, -0.15) is 0 Å². The molecular formula is C12H21N3O4. The third-order valence-electron chi connectivity index (χ3n) is 2.96. The number of amides is 3. The quantitative estimate of drug-likeness (QED) is 0.525. The summed E-state index contributed by atoms with van der Waals surface area (Å²) >= 11 is 0. The first-order valence-corrected chi connectivity index (χ1v) is 6.51. The molecule has 1 aliphatic carbocycles. The van der Waals surface area contributed by atoms with Crippen molar-refractivity contribution in [2.45, 2.75) is 45.2 Å². The second kappa shape index (κ2) is 6.96. The van der Waals surface area contributed by atoms with Gasteiger partial charge in [0.15, 0.2) is 0 Å². The van der Waals surface area contributed by atoms with Gasteiger partial charge in [-0.25, -0.2) is 9.59 Å². The molecule has 0 heterocycles. The Morgan fingerprint density at radius 2 is 1.89 bits per heavy atom. The SMILES string of the molecule is CCNC(=O)C(C)NC(=O)NC(CC1CC1)C(=O)O. The lowest BCUT2D eigenvalue weighted by Crippen LogP contribution is -2.52. The van der Waals surface area contributed by atoms with Gasteiger partial charge in [0.25, 0.3) is 0 Å². The Bertz CT molecular complexity index is 355. The molecule has 2 unspecified atom stereocenters. The van der Waals surface area contributed by atoms with E-state index in [0.717, 1.165) is 12.8 Å². The standard InChI is InChI=1S/C12H21N3O4/c1-3-13-10(16)7(2)14-12(19)15-9(11(17)18)6-8-4-5-8/h7-9H,3-6H2,1-2H3,(H,13,16)(H,17,18)(H2,14,15,19). The second-order valence-corrected chi connectivity index (χ2v) is 4.80. The van der Waals surface area contributed by atoms with Crippen molar-refractivity contribution in [3.05, 3.63) is 0 Å². The summed E-state index contributed by atoms with van der Waals surface area (Å²) in [6, 6.07) is -2.23. The zero-order chi connectivity index (χ0) is 14.4. The highest BCUT2D eigenvalue weighted by atomic mass is 16.4. The molecule has 3 amide bonds. The molecule has 108 valence electrons. The smallest absolute Gasteiger partial charge is 0.326 e. The van der Waals surface area contributed by atoms with Gasteiger partial charge in [0.2, 0.25) is 5.91 Å². The molecule has 0 radical (unpaired) electrons. The molecule has 1 rings (SSSR count). The molecule has 7 heteroatoms. The van der Waals surface area contributed by atoms with Gasteiger partial charge in [-0.05, 0) is 26.2 Å². The monoisotopic (exact) mass is 271 g/mol. The summed E-state index contributed by atoms with van der Waals surface area (Å²) in [6.45, 7) is 3.80. The third-order valence-corrected chi connectivity index (χ3v) is 2.96. The molecule has 1 saturated carbocycles. The molecule has 2 atom stereocenters. The van der Waals surface area contributed by atoms with E-state index >= 15 is 0 Å². The van der Waals surface area contributed by atoms with Crippen LogP contribution in [-0.2, 0) is 9.59 Å². The number of urea groups is 1. The van der Waals surface area contributed by atoms with Crippen LogP contribution in [0.2, 0.25) is 0 Å². The van der Waals surface area contributed by atoms with E-state index in [4.69, 9.17) is 5.11 Å². The molecule has 0 saturated heterocycles. The van der Waals surface area contributed by atoms with E-state index in [-0.39, 0.29) is 5.91 Å². The number of hydrogen-bond acceptors (Lipinski definition) is 3. The van der Waals surface area contributed by atoms with Crippen molar-refractivity contribution in [1.29, 1.82) is 0 Å². The number of hydrogen-bond donors (Lipinski definition) is 4. The summed E-state index contributed by atoms with van der Waals surface area (Å²) < 4.78 is 0. The molecule has 0 spiro atoms. The fraction of sp³-hybridized carbons (Fsp3) is 0.750. The van der Waals surface area contributed by atoms with E-state index in [2.05, 4.69) is 16.0 Å². The molecule has 0 aromatic carbocycles. The topological polar surface area (TPSA) is 108 Å². The predicted octanol–water partition coefficient (Wildman–Crippen LogP) is 0.0635. The van der Waals surface area contributed by atoms with Crippen molar-refractivity contribution in [1.82, 2.24) is 16.0 Å². The van der Waals surface area contributed by atoms with Crippen molar-refractivity contribution in [3.63, 3.8) is 0 Å². The fourth-order valence-corrected chi connectivity index (χ4v) is 1.70. The summed E-state index contributed by atoms with van der Waals surface area (Å²) in [6.07, 6.45) is 2.48. The van der Waals surface area contributed by atoms with Crippen LogP contribution in [0.3, 0.4) is 0 Å². The van der Waals surface area contributed by atoms with Crippen molar-refractivity contribution < 1.29 is 19.5 Å². The zero-order valence-electron chi connectivity index (χ0n) is 11.2. The average molecular weight is 271 g/mol. The van der Waals surface area contributed by atoms with Crippen molar-refractivity contribution in [2.75, 3.05) is 6.54 Å². The van der Waals surface area contributed by atoms with Crippen LogP contribution in [0.25, 0.3) is 0 Å². The maximum absolute atomic E-state index is 11.6. The molecule has 1 aliphatic rings. The predicted molar refractivity (Wildman–Crippen MR) is 68.6 cm³/mol. The Balaban J connectivity index is 2.38. The highest BCUT2D eigenvalue weighted by Gasteiger charge is 2.30. The maximum Gasteiger partial charge on any atom is 0.326 e. The summed E-state index contributed by atoms with van der Waals surface area (Å²) in [4.78, 5) is 34.0. The van der Waals surface area contributed by atoms with Gasteiger partial charge >= 0.3 is 12.0 Å². The van der Waals surface area contributed by atoms with Crippen LogP contribution in [0.1, 0.15) is 33.1 Å². The van der Waals surface area contributed by atoms with Crippen molar-refractivity contribution in [3.8, 4) is 0 Å². The minimum Gasteiger partial charge on any atom is -0.480 e. The summed E-state index contributed by atoms with van der Waals surface area (Å²) in [5, 5.41) is 16.4. The van der Waals surface area contributed by atoms with Crippen LogP contribution in [0.5, 0.6) is 0 Å². The Labute approximate surface area is 112 Å². The molecule has 0 aliphatic heterocycles. The minimum atomic E-state index is -1.05. The van der Waals surface area contributed by atoms with Crippen LogP contribution in [0, 0.1) is 5.92 Å². The van der Waals surface area contributed by atoms with Crippen LogP contribution >= 0.6 is 0 Å². The van der Waals surface area contributed by atoms with Crippen molar-refractivity contribution >= 4 is 17.9 Å². The zero-order valence-corrected chi connectivity index (χ0v) is 11.2. The van der Waals surface area contributed by atoms with E-state index in [9.17, 15) is 14.4 Å². The molecule has 7 nitrogen and oxygen atoms in total. The molecule has 19 heavy (non-hydrogen) atoms. The van der Waals surface area contributed by atoms with E-state index in [1.165, 1.54) is 0 Å². The van der Waals surface area contributed by atoms with Crippen LogP contribution < -0.4 is 16.0 Å². The molecular weight excluding hydrogens is 250 g/mol. The third kappa shape index (κ3) is 5.58. The van der Waals surface area contributed by atoms with Gasteiger partial charge in [-0.1, -0.05) is 12.8 Å². The lowest BCUT2D eigenvalue weighted by Gasteiger charge is -2.17. The van der Waals surface area contributed by atoms with Crippen LogP contribution in [0.4, 0.5) is 4.79 Å². The normalized spacial score (nSPS) is 17.2. The summed E-state index contributed by atoms with van der Waals surface area (Å²) in [5.74, 6) is -0.957. The Kier molecular flexibility index (Phi) is 5.59. The number of carboxylic acid groups (broad SMARTS) is 1. The maximum atomic E-state index is 11.6. The number of likely N-dealkylation sites (N-methyl/N-ethyl adjacent to an activating group) is 1. The first-order valence-electron chi connectivity index (χ1n) is 6.51. The van der Waals surface area contributed by atoms with Gasteiger partial charge in [0.1, 0.15) is 12.1 Å². The lowest BCUT2D eigenvalue weighted by atomic mass is 10.1. The van der Waals surface area contributed by atoms with Crippen molar-refractivity contribution in [2.24, 2.45) is 5.92 Å². The van der Waals surface area contributed by atoms with Gasteiger partial charge in [0.05, 0.1) is 0 Å². The number of carbonyl (C=O) groups is 3. The van der Waals surface area contributed by atoms with Gasteiger partial charge < -0.3 is 21.1 Å². The molecule has 1 fully saturated rings. The average Bonchev–Trinajstić information content (AvgIpc) is 3.12. The Morgan fingerprint density at radius 1 is 1.26 bits per heavy atom. The minimum absolute atomic E-state index is 0.299. The van der Waals surface area contributed by atoms with E-state index in [1.807, 2.05) is 0 Å². The Hall–Kier alpha value is -1.79. The van der Waals surface area contributed by atoms with Gasteiger partial charge in [-0.3, -0.25) is 4.79 Å². The second-order valence-electron chi connectivity index (χ2n) is 4.80. The number of carbonyl (C=O) groups excluding carboxylic acids is 2. The van der Waals surface area contributed by atoms with Crippen LogP contribution in [0.15, 0.2) is 0 Å². The van der Waals surface area contributed by atoms with E-state index in [1.54, 1.807) is 13.8 Å².